The molecule has 0 aliphatic rings. The van der Waals surface area contributed by atoms with Crippen LogP contribution in [0.15, 0.2) is 0 Å². The summed E-state index contributed by atoms with van der Waals surface area (Å²) < 4.78 is 0. The van der Waals surface area contributed by atoms with Crippen LogP contribution in [0, 0.1) is 12.3 Å². The molecule has 0 aromatic carbocycles. The molecule has 0 saturated carbocycles. The van der Waals surface area contributed by atoms with Crippen molar-refractivity contribution in [2.24, 2.45) is 5.41 Å². The Hall–Kier alpha value is 0.766. The molecule has 0 amide bonds. The number of rotatable bonds is 0. The standard InChI is InChI=1S/C5H11.Mg.2H/c1-5(2,3)4;;;/h1H2,2-4H3;;;. The van der Waals surface area contributed by atoms with Crippen molar-refractivity contribution in [3.63, 3.8) is 0 Å². The van der Waals surface area contributed by atoms with Gasteiger partial charge in [-0.25, -0.2) is 0 Å². The van der Waals surface area contributed by atoms with Crippen LogP contribution in [0.3, 0.4) is 0 Å². The van der Waals surface area contributed by atoms with E-state index >= 15 is 0 Å². The molecule has 0 unspecified atom stereocenters. The van der Waals surface area contributed by atoms with E-state index in [1.807, 2.05) is 0 Å². The van der Waals surface area contributed by atoms with Gasteiger partial charge in [0, 0.05) is 0 Å². The van der Waals surface area contributed by atoms with Crippen molar-refractivity contribution in [1.29, 1.82) is 0 Å². The van der Waals surface area contributed by atoms with Crippen LogP contribution in [0.1, 0.15) is 20.8 Å². The molecular weight excluding hydrogens is 84.4 g/mol. The van der Waals surface area contributed by atoms with Crippen LogP contribution in [0.2, 0.25) is 0 Å². The van der Waals surface area contributed by atoms with E-state index in [0.29, 0.717) is 0 Å². The SMILES string of the molecule is [CH2]C(C)(C)C.[MgH2]. The molecule has 0 nitrogen and oxygen atoms in total. The average molecular weight is 97.5 g/mol. The maximum absolute atomic E-state index is 3.77. The molecule has 0 aliphatic heterocycles. The summed E-state index contributed by atoms with van der Waals surface area (Å²) in [5.41, 5.74) is 0.250. The second kappa shape index (κ2) is 2.86. The van der Waals surface area contributed by atoms with E-state index in [0.717, 1.165) is 0 Å². The normalized spacial score (nSPS) is 10.0. The fourth-order valence-electron chi connectivity index (χ4n) is 0. The Labute approximate surface area is 56.5 Å². The highest BCUT2D eigenvalue weighted by Gasteiger charge is 1.95. The second-order valence-corrected chi connectivity index (χ2v) is 2.56. The lowest BCUT2D eigenvalue weighted by atomic mass is 10.0. The van der Waals surface area contributed by atoms with Gasteiger partial charge in [-0.3, -0.25) is 0 Å². The molecule has 0 rings (SSSR count). The first kappa shape index (κ1) is 9.90. The highest BCUT2D eigenvalue weighted by Crippen LogP contribution is 2.07. The lowest BCUT2D eigenvalue weighted by Crippen LogP contribution is -1.94. The third kappa shape index (κ3) is 115. The second-order valence-electron chi connectivity index (χ2n) is 2.56. The summed E-state index contributed by atoms with van der Waals surface area (Å²) in [6, 6.07) is 0. The van der Waals surface area contributed by atoms with Crippen molar-refractivity contribution < 1.29 is 0 Å². The first-order valence-corrected chi connectivity index (χ1v) is 1.85. The van der Waals surface area contributed by atoms with E-state index in [1.165, 1.54) is 0 Å². The maximum Gasteiger partial charge on any atom is 0.316 e. The third-order valence-corrected chi connectivity index (χ3v) is 0. The number of hydrogen-bond acceptors (Lipinski definition) is 0. The molecular formula is C5H13Mg. The Bertz CT molecular complexity index is 19.4. The fraction of sp³-hybridized carbons (Fsp3) is 0.800. The summed E-state index contributed by atoms with van der Waals surface area (Å²) in [6.45, 7) is 10.0. The Morgan fingerprint density at radius 2 is 1.17 bits per heavy atom. The van der Waals surface area contributed by atoms with Crippen LogP contribution in [-0.4, -0.2) is 23.1 Å². The minimum absolute atomic E-state index is 0. The van der Waals surface area contributed by atoms with Crippen molar-refractivity contribution in [2.75, 3.05) is 0 Å². The number of hydrogen-bond donors (Lipinski definition) is 0. The molecule has 0 bridgehead atoms. The van der Waals surface area contributed by atoms with E-state index in [9.17, 15) is 0 Å². The molecule has 0 fully saturated rings. The van der Waals surface area contributed by atoms with Crippen molar-refractivity contribution >= 4 is 23.1 Å². The molecule has 1 radical (unpaired) electrons. The molecule has 0 heterocycles. The van der Waals surface area contributed by atoms with Gasteiger partial charge >= 0.3 is 23.1 Å². The quantitative estimate of drug-likeness (QED) is 0.395. The summed E-state index contributed by atoms with van der Waals surface area (Å²) >= 11 is 0. The predicted octanol–water partition coefficient (Wildman–Crippen LogP) is 0.950. The summed E-state index contributed by atoms with van der Waals surface area (Å²) in [7, 11) is 0. The van der Waals surface area contributed by atoms with Gasteiger partial charge in [0.05, 0.1) is 0 Å². The first-order valence-electron chi connectivity index (χ1n) is 1.85. The Balaban J connectivity index is 0. The first-order chi connectivity index (χ1) is 2.00. The van der Waals surface area contributed by atoms with Gasteiger partial charge in [-0.2, -0.15) is 0 Å². The minimum atomic E-state index is 0. The molecule has 0 aromatic heterocycles. The van der Waals surface area contributed by atoms with Gasteiger partial charge < -0.3 is 0 Å². The van der Waals surface area contributed by atoms with E-state index in [-0.39, 0.29) is 28.5 Å². The summed E-state index contributed by atoms with van der Waals surface area (Å²) in [6.07, 6.45) is 0. The van der Waals surface area contributed by atoms with Gasteiger partial charge in [-0.1, -0.05) is 20.8 Å². The van der Waals surface area contributed by atoms with Gasteiger partial charge in [-0.05, 0) is 12.3 Å². The summed E-state index contributed by atoms with van der Waals surface area (Å²) in [5.74, 6) is 0. The van der Waals surface area contributed by atoms with Gasteiger partial charge in [-0.15, -0.1) is 0 Å². The van der Waals surface area contributed by atoms with Crippen LogP contribution in [0.25, 0.3) is 0 Å². The molecule has 0 atom stereocenters. The Kier molecular flexibility index (Phi) is 4.72. The van der Waals surface area contributed by atoms with Crippen molar-refractivity contribution in [2.45, 2.75) is 20.8 Å². The maximum atomic E-state index is 3.77. The average Bonchev–Trinajstić information content (AvgIpc) is 0.722. The summed E-state index contributed by atoms with van der Waals surface area (Å²) in [5, 5.41) is 0. The molecule has 0 N–H and O–H groups in total. The predicted molar refractivity (Wildman–Crippen MR) is 33.4 cm³/mol. The van der Waals surface area contributed by atoms with Gasteiger partial charge in [0.25, 0.3) is 0 Å². The van der Waals surface area contributed by atoms with E-state index in [1.54, 1.807) is 0 Å². The van der Waals surface area contributed by atoms with Crippen LogP contribution in [0.4, 0.5) is 0 Å². The molecule has 1 heteroatoms. The van der Waals surface area contributed by atoms with Crippen LogP contribution in [0.5, 0.6) is 0 Å². The molecule has 6 heavy (non-hydrogen) atoms. The Morgan fingerprint density at radius 3 is 1.17 bits per heavy atom. The van der Waals surface area contributed by atoms with Crippen LogP contribution < -0.4 is 0 Å². The third-order valence-electron chi connectivity index (χ3n) is 0. The zero-order valence-electron chi connectivity index (χ0n) is 4.21. The highest BCUT2D eigenvalue weighted by atomic mass is 24.3. The van der Waals surface area contributed by atoms with E-state index < -0.39 is 0 Å². The highest BCUT2D eigenvalue weighted by molar-refractivity contribution is 5.75. The topological polar surface area (TPSA) is 0 Å². The monoisotopic (exact) mass is 97.1 g/mol. The zero-order chi connectivity index (χ0) is 4.50. The van der Waals surface area contributed by atoms with Crippen LogP contribution >= 0.6 is 0 Å². The van der Waals surface area contributed by atoms with E-state index in [2.05, 4.69) is 27.7 Å². The molecule has 0 spiro atoms. The molecule has 35 valence electrons. The van der Waals surface area contributed by atoms with Crippen molar-refractivity contribution in [3.05, 3.63) is 6.92 Å². The molecule has 0 saturated heterocycles. The van der Waals surface area contributed by atoms with Gasteiger partial charge in [0.15, 0.2) is 0 Å². The zero-order valence-corrected chi connectivity index (χ0v) is 4.21. The lowest BCUT2D eigenvalue weighted by Gasteiger charge is -2.05. The van der Waals surface area contributed by atoms with Gasteiger partial charge in [0.2, 0.25) is 0 Å². The minimum Gasteiger partial charge on any atom is -0.0602 e. The molecule has 0 aliphatic carbocycles. The van der Waals surface area contributed by atoms with Crippen LogP contribution in [-0.2, 0) is 0 Å². The lowest BCUT2D eigenvalue weighted by molar-refractivity contribution is 0.539. The summed E-state index contributed by atoms with van der Waals surface area (Å²) in [4.78, 5) is 0. The molecule has 0 aromatic rings. The van der Waals surface area contributed by atoms with Crippen molar-refractivity contribution in [3.8, 4) is 0 Å². The smallest absolute Gasteiger partial charge is 0.0602 e. The largest absolute Gasteiger partial charge is 0.316 e. The fourth-order valence-corrected chi connectivity index (χ4v) is 0. The Morgan fingerprint density at radius 1 is 1.17 bits per heavy atom. The van der Waals surface area contributed by atoms with Gasteiger partial charge in [0.1, 0.15) is 0 Å². The van der Waals surface area contributed by atoms with E-state index in [4.69, 9.17) is 0 Å². The van der Waals surface area contributed by atoms with Crippen molar-refractivity contribution in [1.82, 2.24) is 0 Å².